The number of anilines is 1. The van der Waals surface area contributed by atoms with E-state index in [2.05, 4.69) is 40.7 Å². The van der Waals surface area contributed by atoms with Gasteiger partial charge in [-0.05, 0) is 44.8 Å². The topological polar surface area (TPSA) is 148 Å². The van der Waals surface area contributed by atoms with Crippen molar-refractivity contribution in [3.8, 4) is 5.88 Å². The lowest BCUT2D eigenvalue weighted by atomic mass is 10.1. The van der Waals surface area contributed by atoms with Crippen LogP contribution in [0.15, 0.2) is 16.0 Å². The number of rotatable bonds is 4. The first-order valence-corrected chi connectivity index (χ1v) is 9.45. The van der Waals surface area contributed by atoms with Gasteiger partial charge in [-0.25, -0.2) is 9.79 Å². The molecule has 1 saturated heterocycles. The van der Waals surface area contributed by atoms with Crippen molar-refractivity contribution in [3.63, 3.8) is 0 Å². The number of aromatic hydroxyl groups is 1. The molecule has 0 aromatic carbocycles. The van der Waals surface area contributed by atoms with Crippen LogP contribution in [0.5, 0.6) is 5.88 Å². The second kappa shape index (κ2) is 6.75. The molecule has 0 spiro atoms. The number of H-pyrrole nitrogens is 2. The molecule has 4 heterocycles. The number of imidazole rings is 1. The Hall–Kier alpha value is -3.21. The zero-order valence-electron chi connectivity index (χ0n) is 15.1. The van der Waals surface area contributed by atoms with Crippen LogP contribution in [0.1, 0.15) is 31.4 Å². The minimum atomic E-state index is -0.479. The first-order chi connectivity index (χ1) is 13.7. The quantitative estimate of drug-likeness (QED) is 0.373. The van der Waals surface area contributed by atoms with Crippen LogP contribution >= 0.6 is 0 Å². The van der Waals surface area contributed by atoms with Crippen LogP contribution in [0.3, 0.4) is 0 Å². The third-order valence-corrected chi connectivity index (χ3v) is 4.93. The van der Waals surface area contributed by atoms with Crippen LogP contribution in [0.2, 0.25) is 0 Å². The van der Waals surface area contributed by atoms with Gasteiger partial charge in [-0.15, -0.1) is 0 Å². The second-order valence-corrected chi connectivity index (χ2v) is 7.20. The average molecular weight is 383 g/mol. The fraction of sp³-hybridized carbons (Fsp3) is 0.471. The van der Waals surface area contributed by atoms with E-state index >= 15 is 0 Å². The zero-order chi connectivity index (χ0) is 19.1. The maximum absolute atomic E-state index is 11.4. The van der Waals surface area contributed by atoms with Crippen molar-refractivity contribution < 1.29 is 5.11 Å². The third kappa shape index (κ3) is 3.36. The summed E-state index contributed by atoms with van der Waals surface area (Å²) in [5.74, 6) is 0.287. The van der Waals surface area contributed by atoms with Gasteiger partial charge in [-0.2, -0.15) is 19.6 Å². The number of piperidine rings is 1. The zero-order valence-corrected chi connectivity index (χ0v) is 15.1. The highest BCUT2D eigenvalue weighted by Crippen LogP contribution is 2.22. The van der Waals surface area contributed by atoms with Gasteiger partial charge in [-0.1, -0.05) is 0 Å². The molecular formula is C17H21N9O2. The lowest BCUT2D eigenvalue weighted by molar-refractivity contribution is 0.454. The molecule has 5 N–H and O–H groups in total. The second-order valence-electron chi connectivity index (χ2n) is 7.20. The summed E-state index contributed by atoms with van der Waals surface area (Å²) in [4.78, 5) is 30.1. The van der Waals surface area contributed by atoms with Gasteiger partial charge in [0.1, 0.15) is 5.69 Å². The maximum Gasteiger partial charge on any atom is 0.326 e. The maximum atomic E-state index is 11.4. The minimum Gasteiger partial charge on any atom is -0.493 e. The highest BCUT2D eigenvalue weighted by molar-refractivity contribution is 5.57. The van der Waals surface area contributed by atoms with Gasteiger partial charge in [0.05, 0.1) is 12.2 Å². The van der Waals surface area contributed by atoms with Gasteiger partial charge in [-0.3, -0.25) is 4.98 Å². The molecule has 5 rings (SSSR count). The molecule has 0 bridgehead atoms. The van der Waals surface area contributed by atoms with Gasteiger partial charge in [0.2, 0.25) is 11.8 Å². The number of hydrogen-bond donors (Lipinski definition) is 5. The van der Waals surface area contributed by atoms with E-state index in [1.165, 1.54) is 0 Å². The van der Waals surface area contributed by atoms with Gasteiger partial charge in [0, 0.05) is 11.3 Å². The molecule has 3 aromatic heterocycles. The highest BCUT2D eigenvalue weighted by atomic mass is 16.3. The summed E-state index contributed by atoms with van der Waals surface area (Å²) >= 11 is 0. The standard InChI is InChI=1S/C17H21N9O2/c27-14-12(22-17(28)24-14)7-9-8-19-26-13(9)23-15(20-11-3-5-18-6-4-11)25-16(26)21-10-1-2-10/h7-8,10-11,18,27H,1-6H2,(H,20,21,25)(H2,22,24,28). The van der Waals surface area contributed by atoms with E-state index in [4.69, 9.17) is 0 Å². The van der Waals surface area contributed by atoms with Crippen molar-refractivity contribution in [1.29, 1.82) is 0 Å². The van der Waals surface area contributed by atoms with Crippen LogP contribution in [0.25, 0.3) is 11.7 Å². The van der Waals surface area contributed by atoms with Crippen molar-refractivity contribution in [2.24, 2.45) is 4.99 Å². The molecule has 0 unspecified atom stereocenters. The molecule has 2 fully saturated rings. The first kappa shape index (κ1) is 16.9. The molecule has 11 heteroatoms. The summed E-state index contributed by atoms with van der Waals surface area (Å²) in [5.41, 5.74) is 0.863. The number of hydrogen-bond acceptors (Lipinski definition) is 8. The average Bonchev–Trinajstić information content (AvgIpc) is 3.32. The number of aromatic amines is 2. The Labute approximate surface area is 158 Å². The monoisotopic (exact) mass is 383 g/mol. The van der Waals surface area contributed by atoms with Gasteiger partial charge in [0.15, 0.2) is 5.65 Å². The fourth-order valence-corrected chi connectivity index (χ4v) is 3.29. The van der Waals surface area contributed by atoms with E-state index in [-0.39, 0.29) is 17.6 Å². The summed E-state index contributed by atoms with van der Waals surface area (Å²) < 4.78 is 1.60. The number of nitrogens with zero attached hydrogens (tertiary/aromatic N) is 5. The van der Waals surface area contributed by atoms with Gasteiger partial charge >= 0.3 is 5.69 Å². The van der Waals surface area contributed by atoms with Crippen molar-refractivity contribution in [3.05, 3.63) is 33.2 Å². The predicted octanol–water partition coefficient (Wildman–Crippen LogP) is -1.38. The predicted molar refractivity (Wildman–Crippen MR) is 101 cm³/mol. The van der Waals surface area contributed by atoms with E-state index in [1.54, 1.807) is 16.8 Å². The largest absolute Gasteiger partial charge is 0.493 e. The molecule has 1 saturated carbocycles. The van der Waals surface area contributed by atoms with Gasteiger partial charge < -0.3 is 20.7 Å². The molecule has 146 valence electrons. The van der Waals surface area contributed by atoms with E-state index in [9.17, 15) is 9.90 Å². The Morgan fingerprint density at radius 3 is 2.75 bits per heavy atom. The molecule has 2 aliphatic rings. The molecule has 0 atom stereocenters. The number of nitrogens with one attached hydrogen (secondary N) is 4. The Balaban J connectivity index is 1.63. The molecule has 0 amide bonds. The van der Waals surface area contributed by atoms with Crippen LogP contribution in [0.4, 0.5) is 5.95 Å². The van der Waals surface area contributed by atoms with Crippen molar-refractivity contribution in [1.82, 2.24) is 34.9 Å². The highest BCUT2D eigenvalue weighted by Gasteiger charge is 2.21. The summed E-state index contributed by atoms with van der Waals surface area (Å²) in [6.07, 6.45) is 7.36. The molecule has 28 heavy (non-hydrogen) atoms. The van der Waals surface area contributed by atoms with E-state index < -0.39 is 5.69 Å². The fourth-order valence-electron chi connectivity index (χ4n) is 3.29. The number of aromatic nitrogens is 6. The lowest BCUT2D eigenvalue weighted by Gasteiger charge is -2.23. The summed E-state index contributed by atoms with van der Waals surface area (Å²) in [7, 11) is 0. The van der Waals surface area contributed by atoms with E-state index in [0.29, 0.717) is 28.5 Å². The van der Waals surface area contributed by atoms with Crippen LogP contribution < -0.4 is 27.2 Å². The van der Waals surface area contributed by atoms with Crippen molar-refractivity contribution >= 4 is 17.7 Å². The van der Waals surface area contributed by atoms with Crippen molar-refractivity contribution in [2.45, 2.75) is 37.8 Å². The van der Waals surface area contributed by atoms with E-state index in [1.807, 2.05) is 0 Å². The Morgan fingerprint density at radius 2 is 2.04 bits per heavy atom. The Kier molecular flexibility index (Phi) is 4.08. The van der Waals surface area contributed by atoms with Crippen LogP contribution in [-0.2, 0) is 0 Å². The summed E-state index contributed by atoms with van der Waals surface area (Å²) in [6.45, 7) is 1.93. The summed E-state index contributed by atoms with van der Waals surface area (Å²) in [5, 5.41) is 21.6. The molecule has 1 aliphatic heterocycles. The molecule has 11 nitrogen and oxygen atoms in total. The summed E-state index contributed by atoms with van der Waals surface area (Å²) in [6, 6.07) is 0.587. The molecular weight excluding hydrogens is 362 g/mol. The van der Waals surface area contributed by atoms with Crippen LogP contribution in [-0.4, -0.2) is 59.8 Å². The Morgan fingerprint density at radius 1 is 1.21 bits per heavy atom. The molecule has 3 aromatic rings. The normalized spacial score (nSPS) is 19.6. The number of fused-ring (bicyclic) bond motifs is 1. The van der Waals surface area contributed by atoms with E-state index in [0.717, 1.165) is 38.8 Å². The molecule has 1 aliphatic carbocycles. The Bertz CT molecular complexity index is 1180. The SMILES string of the molecule is O=c1[nH]c(O)c(C=c2cnn3c(=NC4CC4)nc(NC4CCNCC4)nc23)[nH]1. The first-order valence-electron chi connectivity index (χ1n) is 9.45. The lowest BCUT2D eigenvalue weighted by Crippen LogP contribution is -2.36. The minimum absolute atomic E-state index is 0.227. The van der Waals surface area contributed by atoms with Crippen molar-refractivity contribution in [2.75, 3.05) is 18.4 Å². The third-order valence-electron chi connectivity index (χ3n) is 4.93. The van der Waals surface area contributed by atoms with Crippen LogP contribution in [0, 0.1) is 0 Å². The van der Waals surface area contributed by atoms with Gasteiger partial charge in [0.25, 0.3) is 5.62 Å². The molecule has 0 radical (unpaired) electrons. The smallest absolute Gasteiger partial charge is 0.326 e.